The molecule has 4 nitrogen and oxygen atoms in total. The van der Waals surface area contributed by atoms with E-state index in [9.17, 15) is 0 Å². The van der Waals surface area contributed by atoms with Gasteiger partial charge in [0.25, 0.3) is 0 Å². The summed E-state index contributed by atoms with van der Waals surface area (Å²) in [5.74, 6) is 2.41. The Morgan fingerprint density at radius 2 is 0.950 bits per heavy atom. The van der Waals surface area contributed by atoms with Crippen molar-refractivity contribution in [2.24, 2.45) is 34.5 Å². The zero-order chi connectivity index (χ0) is 27.7. The van der Waals surface area contributed by atoms with Crippen LogP contribution in [0.2, 0.25) is 0 Å². The summed E-state index contributed by atoms with van der Waals surface area (Å²) in [6.45, 7) is 14.3. The third-order valence-corrected chi connectivity index (χ3v) is 12.8. The van der Waals surface area contributed by atoms with Crippen molar-refractivity contribution in [3.05, 3.63) is 71.8 Å². The van der Waals surface area contributed by atoms with Crippen LogP contribution in [0.25, 0.3) is 10.9 Å². The molecule has 2 saturated heterocycles. The highest BCUT2D eigenvalue weighted by Crippen LogP contribution is 2.67. The summed E-state index contributed by atoms with van der Waals surface area (Å²) in [4.78, 5) is 0. The molecule has 10 rings (SSSR count). The molecule has 208 valence electrons. The lowest BCUT2D eigenvalue weighted by Gasteiger charge is -2.64. The fraction of sp³-hybridized carbons (Fsp3) is 0.588. The van der Waals surface area contributed by atoms with Crippen LogP contribution in [0.4, 0.5) is 0 Å². The molecule has 4 bridgehead atoms. The van der Waals surface area contributed by atoms with E-state index < -0.39 is 14.2 Å². The molecule has 2 aliphatic heterocycles. The molecule has 2 heterocycles. The predicted molar refractivity (Wildman–Crippen MR) is 160 cm³/mol. The highest BCUT2D eigenvalue weighted by molar-refractivity contribution is 6.82. The second-order valence-corrected chi connectivity index (χ2v) is 15.2. The lowest BCUT2D eigenvalue weighted by Crippen LogP contribution is -2.65. The molecule has 0 aromatic heterocycles. The summed E-state index contributed by atoms with van der Waals surface area (Å²) in [6.07, 6.45) is 4.80. The summed E-state index contributed by atoms with van der Waals surface area (Å²) < 4.78 is 28.2. The van der Waals surface area contributed by atoms with E-state index in [4.69, 9.17) is 18.6 Å². The van der Waals surface area contributed by atoms with Crippen LogP contribution in [-0.4, -0.2) is 37.6 Å². The Kier molecular flexibility index (Phi) is 5.41. The van der Waals surface area contributed by atoms with Crippen molar-refractivity contribution < 1.29 is 18.6 Å². The molecule has 2 aromatic rings. The highest BCUT2D eigenvalue weighted by atomic mass is 16.7. The van der Waals surface area contributed by atoms with Gasteiger partial charge in [-0.1, -0.05) is 88.4 Å². The summed E-state index contributed by atoms with van der Waals surface area (Å²) in [5.41, 5.74) is 4.30. The maximum absolute atomic E-state index is 7.13. The first kappa shape index (κ1) is 25.8. The van der Waals surface area contributed by atoms with Gasteiger partial charge in [-0.2, -0.15) is 0 Å². The van der Waals surface area contributed by atoms with Gasteiger partial charge in [-0.05, 0) is 96.1 Å². The zero-order valence-corrected chi connectivity index (χ0v) is 24.9. The van der Waals surface area contributed by atoms with E-state index in [1.54, 1.807) is 0 Å². The number of hydrogen-bond acceptors (Lipinski definition) is 4. The van der Waals surface area contributed by atoms with Crippen LogP contribution in [0, 0.1) is 34.5 Å². The van der Waals surface area contributed by atoms with Crippen molar-refractivity contribution in [3.63, 3.8) is 0 Å². The number of benzene rings is 2. The average molecular weight is 536 g/mol. The Morgan fingerprint density at radius 3 is 1.30 bits per heavy atom. The first-order valence-corrected chi connectivity index (χ1v) is 15.5. The van der Waals surface area contributed by atoms with Gasteiger partial charge < -0.3 is 18.6 Å². The maximum atomic E-state index is 7.13. The van der Waals surface area contributed by atoms with E-state index in [1.165, 1.54) is 12.8 Å². The fourth-order valence-electron chi connectivity index (χ4n) is 10.0. The topological polar surface area (TPSA) is 36.9 Å². The molecule has 0 spiro atoms. The number of hydrogen-bond donors (Lipinski definition) is 0. The molecular weight excluding hydrogens is 494 g/mol. The van der Waals surface area contributed by atoms with Crippen molar-refractivity contribution in [3.8, 4) is 0 Å². The molecule has 8 aliphatic rings. The van der Waals surface area contributed by atoms with Gasteiger partial charge in [0.2, 0.25) is 0 Å². The third-order valence-electron chi connectivity index (χ3n) is 12.8. The van der Waals surface area contributed by atoms with Gasteiger partial charge >= 0.3 is 14.2 Å². The molecule has 6 aliphatic carbocycles. The second kappa shape index (κ2) is 8.37. The summed E-state index contributed by atoms with van der Waals surface area (Å²) >= 11 is 0. The third kappa shape index (κ3) is 3.31. The minimum atomic E-state index is -0.476. The van der Waals surface area contributed by atoms with E-state index in [1.807, 2.05) is 0 Å². The van der Waals surface area contributed by atoms with Crippen molar-refractivity contribution in [1.29, 1.82) is 0 Å². The molecule has 8 atom stereocenters. The van der Waals surface area contributed by atoms with Crippen LogP contribution in [0.3, 0.4) is 0 Å². The smallest absolute Gasteiger partial charge is 0.402 e. The molecule has 8 fully saturated rings. The van der Waals surface area contributed by atoms with Crippen LogP contribution >= 0.6 is 0 Å². The second-order valence-electron chi connectivity index (χ2n) is 15.2. The number of rotatable bonds is 4. The van der Waals surface area contributed by atoms with Gasteiger partial charge in [0.05, 0.1) is 23.4 Å². The minimum absolute atomic E-state index is 0.101. The lowest BCUT2D eigenvalue weighted by molar-refractivity contribution is -0.199. The molecule has 0 radical (unpaired) electrons. The SMILES string of the molecule is CC1(C)[C@@H]2C[C@@H]3OB(C(=C(B4O[C@@H]5C[C@@H]6C[C@@H](C6(C)C)[C@]5(C)O4)c4ccccc4)c4ccccc4)O[C@]3(C)[C@@H]1C2. The van der Waals surface area contributed by atoms with Crippen LogP contribution < -0.4 is 0 Å². The molecule has 0 N–H and O–H groups in total. The largest absolute Gasteiger partial charge is 0.494 e. The van der Waals surface area contributed by atoms with Gasteiger partial charge in [-0.15, -0.1) is 0 Å². The van der Waals surface area contributed by atoms with Crippen molar-refractivity contribution in [2.75, 3.05) is 0 Å². The predicted octanol–water partition coefficient (Wildman–Crippen LogP) is 7.13. The Bertz CT molecular complexity index is 1260. The van der Waals surface area contributed by atoms with Gasteiger partial charge in [-0.3, -0.25) is 0 Å². The van der Waals surface area contributed by atoms with Crippen molar-refractivity contribution in [2.45, 2.75) is 90.6 Å². The Balaban J connectivity index is 1.26. The molecule has 6 saturated carbocycles. The van der Waals surface area contributed by atoms with Crippen LogP contribution in [0.15, 0.2) is 60.7 Å². The Labute approximate surface area is 240 Å². The standard InChI is InChI=1S/C34H42B2O4/c1-31(2)23-17-25(31)33(5)27(19-23)37-35(39-33)29(21-13-9-7-10-14-21)30(22-15-11-8-12-16-22)36-38-28-20-24-18-26(32(24,3)4)34(28,6)40-36/h7-16,23-28H,17-20H2,1-6H3/t23-,24-,25-,26+,27+,28-,33-,34+/m0/s1. The highest BCUT2D eigenvalue weighted by Gasteiger charge is 2.70. The molecule has 0 unspecified atom stereocenters. The van der Waals surface area contributed by atoms with Crippen LogP contribution in [-0.2, 0) is 18.6 Å². The van der Waals surface area contributed by atoms with Gasteiger partial charge in [0, 0.05) is 0 Å². The summed E-state index contributed by atoms with van der Waals surface area (Å²) in [6, 6.07) is 21.3. The normalized spacial score (nSPS) is 42.4. The van der Waals surface area contributed by atoms with Crippen molar-refractivity contribution >= 4 is 25.2 Å². The Hall–Kier alpha value is -1.85. The van der Waals surface area contributed by atoms with Gasteiger partial charge in [-0.25, -0.2) is 0 Å². The van der Waals surface area contributed by atoms with Crippen LogP contribution in [0.5, 0.6) is 0 Å². The summed E-state index contributed by atoms with van der Waals surface area (Å²) in [7, 11) is -0.953. The average Bonchev–Trinajstić information content (AvgIpc) is 3.48. The Morgan fingerprint density at radius 1 is 0.575 bits per heavy atom. The molecule has 6 heteroatoms. The van der Waals surface area contributed by atoms with E-state index in [0.717, 1.165) is 34.9 Å². The molecule has 2 aromatic carbocycles. The first-order valence-electron chi connectivity index (χ1n) is 15.5. The lowest BCUT2D eigenvalue weighted by atomic mass is 9.43. The quantitative estimate of drug-likeness (QED) is 0.308. The molecule has 40 heavy (non-hydrogen) atoms. The van der Waals surface area contributed by atoms with Crippen molar-refractivity contribution in [1.82, 2.24) is 0 Å². The van der Waals surface area contributed by atoms with Gasteiger partial charge in [0.1, 0.15) is 0 Å². The maximum Gasteiger partial charge on any atom is 0.494 e. The van der Waals surface area contributed by atoms with E-state index in [2.05, 4.69) is 102 Å². The fourth-order valence-corrected chi connectivity index (χ4v) is 10.0. The monoisotopic (exact) mass is 536 g/mol. The summed E-state index contributed by atoms with van der Waals surface area (Å²) in [5, 5.41) is 0. The van der Waals surface area contributed by atoms with E-state index in [0.29, 0.717) is 23.7 Å². The van der Waals surface area contributed by atoms with Crippen LogP contribution in [0.1, 0.15) is 78.4 Å². The van der Waals surface area contributed by atoms with E-state index >= 15 is 0 Å². The first-order chi connectivity index (χ1) is 19.0. The molecule has 0 amide bonds. The van der Waals surface area contributed by atoms with Gasteiger partial charge in [0.15, 0.2) is 0 Å². The minimum Gasteiger partial charge on any atom is -0.402 e. The molecular formula is C34H42B2O4. The van der Waals surface area contributed by atoms with E-state index in [-0.39, 0.29) is 34.2 Å². The zero-order valence-electron chi connectivity index (χ0n) is 24.9.